The molecule has 2 rings (SSSR count). The van der Waals surface area contributed by atoms with Crippen LogP contribution in [0.4, 0.5) is 5.82 Å². The SMILES string of the molecule is CC(C)OCCCNc1ncnc2c1S(=N)(=O)CCC2. The maximum absolute atomic E-state index is 12.3. The van der Waals surface area contributed by atoms with E-state index in [1.165, 1.54) is 6.33 Å². The van der Waals surface area contributed by atoms with Gasteiger partial charge < -0.3 is 10.1 Å². The molecular formula is C13H22N4O2S. The number of hydrogen-bond acceptors (Lipinski definition) is 6. The zero-order chi connectivity index (χ0) is 14.6. The second kappa shape index (κ2) is 6.49. The largest absolute Gasteiger partial charge is 0.379 e. The van der Waals surface area contributed by atoms with E-state index >= 15 is 0 Å². The molecule has 1 aromatic heterocycles. The van der Waals surface area contributed by atoms with Crippen LogP contribution in [0, 0.1) is 4.78 Å². The Morgan fingerprint density at radius 3 is 3.05 bits per heavy atom. The van der Waals surface area contributed by atoms with Gasteiger partial charge in [-0.15, -0.1) is 0 Å². The van der Waals surface area contributed by atoms with Crippen molar-refractivity contribution in [2.45, 2.75) is 44.1 Å². The molecule has 6 nitrogen and oxygen atoms in total. The average Bonchev–Trinajstić information content (AvgIpc) is 2.37. The summed E-state index contributed by atoms with van der Waals surface area (Å²) in [7, 11) is -2.75. The molecule has 0 aromatic carbocycles. The number of aryl methyl sites for hydroxylation is 1. The monoisotopic (exact) mass is 298 g/mol. The fourth-order valence-corrected chi connectivity index (χ4v) is 3.93. The van der Waals surface area contributed by atoms with E-state index in [4.69, 9.17) is 9.52 Å². The lowest BCUT2D eigenvalue weighted by molar-refractivity contribution is 0.0787. The lowest BCUT2D eigenvalue weighted by atomic mass is 10.2. The minimum Gasteiger partial charge on any atom is -0.379 e. The first-order chi connectivity index (χ1) is 9.50. The number of ether oxygens (including phenoxy) is 1. The van der Waals surface area contributed by atoms with E-state index in [2.05, 4.69) is 15.3 Å². The maximum Gasteiger partial charge on any atom is 0.146 e. The normalized spacial score (nSPS) is 21.8. The summed E-state index contributed by atoms with van der Waals surface area (Å²) in [4.78, 5) is 8.84. The number of nitrogens with zero attached hydrogens (tertiary/aromatic N) is 2. The quantitative estimate of drug-likeness (QED) is 0.785. The van der Waals surface area contributed by atoms with Gasteiger partial charge in [0.15, 0.2) is 0 Å². The number of anilines is 1. The molecule has 1 aromatic rings. The summed E-state index contributed by atoms with van der Waals surface area (Å²) in [5.41, 5.74) is 0.757. The molecule has 0 aliphatic carbocycles. The molecule has 1 aliphatic rings. The molecule has 2 heterocycles. The van der Waals surface area contributed by atoms with Crippen LogP contribution in [-0.4, -0.2) is 39.2 Å². The Kier molecular flexibility index (Phi) is 4.93. The van der Waals surface area contributed by atoms with E-state index in [-0.39, 0.29) is 6.10 Å². The van der Waals surface area contributed by atoms with Crippen molar-refractivity contribution in [2.24, 2.45) is 0 Å². The van der Waals surface area contributed by atoms with Gasteiger partial charge in [0.2, 0.25) is 0 Å². The van der Waals surface area contributed by atoms with E-state index in [1.807, 2.05) is 13.8 Å². The summed E-state index contributed by atoms with van der Waals surface area (Å²) in [5.74, 6) is 0.956. The molecule has 0 saturated carbocycles. The Balaban J connectivity index is 2.02. The molecule has 20 heavy (non-hydrogen) atoms. The standard InChI is InChI=1S/C13H22N4O2S/c1-10(2)19-7-4-6-15-13-12-11(16-9-17-13)5-3-8-20(12,14)18/h9-10,14H,3-8H2,1-2H3,(H,15,16,17). The first kappa shape index (κ1) is 15.2. The highest BCUT2D eigenvalue weighted by Gasteiger charge is 2.25. The predicted octanol–water partition coefficient (Wildman–Crippen LogP) is 2.06. The molecule has 0 radical (unpaired) electrons. The summed E-state index contributed by atoms with van der Waals surface area (Å²) in [6.45, 7) is 5.37. The van der Waals surface area contributed by atoms with Crippen LogP contribution in [0.1, 0.15) is 32.4 Å². The van der Waals surface area contributed by atoms with Gasteiger partial charge in [-0.1, -0.05) is 0 Å². The Labute approximate surface area is 120 Å². The van der Waals surface area contributed by atoms with Crippen molar-refractivity contribution in [3.05, 3.63) is 12.0 Å². The Hall–Kier alpha value is -1.21. The minimum atomic E-state index is -2.75. The molecule has 1 atom stereocenters. The molecule has 7 heteroatoms. The molecular weight excluding hydrogens is 276 g/mol. The van der Waals surface area contributed by atoms with Gasteiger partial charge in [0, 0.05) is 18.9 Å². The fraction of sp³-hybridized carbons (Fsp3) is 0.692. The highest BCUT2D eigenvalue weighted by Crippen LogP contribution is 2.29. The van der Waals surface area contributed by atoms with Crippen molar-refractivity contribution >= 4 is 15.5 Å². The predicted molar refractivity (Wildman–Crippen MR) is 78.5 cm³/mol. The van der Waals surface area contributed by atoms with Crippen LogP contribution in [0.5, 0.6) is 0 Å². The van der Waals surface area contributed by atoms with Crippen LogP contribution in [0.3, 0.4) is 0 Å². The van der Waals surface area contributed by atoms with E-state index in [1.54, 1.807) is 0 Å². The summed E-state index contributed by atoms with van der Waals surface area (Å²) in [5, 5.41) is 3.17. The summed E-state index contributed by atoms with van der Waals surface area (Å²) in [6, 6.07) is 0. The summed E-state index contributed by atoms with van der Waals surface area (Å²) < 4.78 is 25.8. The van der Waals surface area contributed by atoms with E-state index in [9.17, 15) is 4.21 Å². The van der Waals surface area contributed by atoms with Crippen molar-refractivity contribution in [3.8, 4) is 0 Å². The van der Waals surface area contributed by atoms with Gasteiger partial charge in [0.05, 0.1) is 21.5 Å². The molecule has 2 N–H and O–H groups in total. The van der Waals surface area contributed by atoms with Crippen molar-refractivity contribution < 1.29 is 8.95 Å². The van der Waals surface area contributed by atoms with Crippen LogP contribution in [0.25, 0.3) is 0 Å². The Bertz CT molecular complexity index is 557. The third-order valence-corrected chi connectivity index (χ3v) is 5.07. The highest BCUT2D eigenvalue weighted by atomic mass is 32.2. The number of fused-ring (bicyclic) bond motifs is 1. The second-order valence-electron chi connectivity index (χ2n) is 5.18. The van der Waals surface area contributed by atoms with Crippen molar-refractivity contribution in [2.75, 3.05) is 24.2 Å². The van der Waals surface area contributed by atoms with Gasteiger partial charge in [-0.05, 0) is 33.1 Å². The highest BCUT2D eigenvalue weighted by molar-refractivity contribution is 7.92. The average molecular weight is 298 g/mol. The lowest BCUT2D eigenvalue weighted by Gasteiger charge is -2.20. The Morgan fingerprint density at radius 2 is 2.30 bits per heavy atom. The van der Waals surface area contributed by atoms with E-state index < -0.39 is 9.73 Å². The zero-order valence-electron chi connectivity index (χ0n) is 12.0. The van der Waals surface area contributed by atoms with Gasteiger partial charge in [-0.25, -0.2) is 19.0 Å². The number of rotatable bonds is 6. The van der Waals surface area contributed by atoms with Crippen molar-refractivity contribution in [1.82, 2.24) is 9.97 Å². The topological polar surface area (TPSA) is 88.0 Å². The second-order valence-corrected chi connectivity index (χ2v) is 7.35. The van der Waals surface area contributed by atoms with Gasteiger partial charge in [0.25, 0.3) is 0 Å². The third-order valence-electron chi connectivity index (χ3n) is 3.12. The maximum atomic E-state index is 12.3. The van der Waals surface area contributed by atoms with Crippen LogP contribution >= 0.6 is 0 Å². The lowest BCUT2D eigenvalue weighted by Crippen LogP contribution is -2.20. The van der Waals surface area contributed by atoms with E-state index in [0.717, 1.165) is 25.0 Å². The summed E-state index contributed by atoms with van der Waals surface area (Å²) in [6.07, 6.45) is 4.09. The number of nitrogens with one attached hydrogen (secondary N) is 2. The summed E-state index contributed by atoms with van der Waals surface area (Å²) >= 11 is 0. The van der Waals surface area contributed by atoms with Gasteiger partial charge in [-0.2, -0.15) is 0 Å². The molecule has 0 bridgehead atoms. The molecule has 0 amide bonds. The molecule has 1 unspecified atom stereocenters. The zero-order valence-corrected chi connectivity index (χ0v) is 12.8. The third kappa shape index (κ3) is 3.67. The molecule has 0 saturated heterocycles. The molecule has 0 fully saturated rings. The van der Waals surface area contributed by atoms with Gasteiger partial charge in [-0.3, -0.25) is 0 Å². The minimum absolute atomic E-state index is 0.230. The smallest absolute Gasteiger partial charge is 0.146 e. The first-order valence-electron chi connectivity index (χ1n) is 6.96. The molecule has 1 aliphatic heterocycles. The van der Waals surface area contributed by atoms with Crippen LogP contribution in [0.15, 0.2) is 11.2 Å². The molecule has 0 spiro atoms. The van der Waals surface area contributed by atoms with Crippen LogP contribution in [-0.2, 0) is 20.9 Å². The van der Waals surface area contributed by atoms with Gasteiger partial charge >= 0.3 is 0 Å². The Morgan fingerprint density at radius 1 is 1.50 bits per heavy atom. The molecule has 112 valence electrons. The van der Waals surface area contributed by atoms with Crippen molar-refractivity contribution in [1.29, 1.82) is 4.78 Å². The first-order valence-corrected chi connectivity index (χ1v) is 8.69. The van der Waals surface area contributed by atoms with Crippen LogP contribution in [0.2, 0.25) is 0 Å². The number of hydrogen-bond donors (Lipinski definition) is 2. The van der Waals surface area contributed by atoms with Crippen molar-refractivity contribution in [3.63, 3.8) is 0 Å². The van der Waals surface area contributed by atoms with Crippen LogP contribution < -0.4 is 5.32 Å². The van der Waals surface area contributed by atoms with Gasteiger partial charge in [0.1, 0.15) is 17.0 Å². The fourth-order valence-electron chi connectivity index (χ4n) is 2.20. The van der Waals surface area contributed by atoms with E-state index in [0.29, 0.717) is 29.6 Å². The number of aromatic nitrogens is 2.